The van der Waals surface area contributed by atoms with Crippen LogP contribution in [-0.4, -0.2) is 48.0 Å². The number of hydrogen-bond acceptors (Lipinski definition) is 4. The van der Waals surface area contributed by atoms with E-state index >= 15 is 0 Å². The van der Waals surface area contributed by atoms with E-state index in [1.54, 1.807) is 13.3 Å². The maximum atomic E-state index is 5.52. The van der Waals surface area contributed by atoms with Crippen LogP contribution >= 0.6 is 0 Å². The molecule has 0 spiro atoms. The van der Waals surface area contributed by atoms with E-state index in [2.05, 4.69) is 47.5 Å². The first-order chi connectivity index (χ1) is 11.7. The molecule has 1 N–H and O–H groups in total. The Kier molecular flexibility index (Phi) is 5.53. The molecule has 2 aromatic rings. The zero-order valence-electron chi connectivity index (χ0n) is 14.9. The Labute approximate surface area is 144 Å². The number of nitrogens with zero attached hydrogens (tertiary/aromatic N) is 3. The largest absolute Gasteiger partial charge is 0.496 e. The van der Waals surface area contributed by atoms with Gasteiger partial charge in [-0.1, -0.05) is 6.07 Å². The molecule has 0 amide bonds. The van der Waals surface area contributed by atoms with Crippen LogP contribution in [0.5, 0.6) is 5.75 Å². The molecule has 0 saturated carbocycles. The maximum absolute atomic E-state index is 5.52. The molecule has 2 atom stereocenters. The second kappa shape index (κ2) is 7.81. The Morgan fingerprint density at radius 3 is 3.00 bits per heavy atom. The minimum absolute atomic E-state index is 0.323. The van der Waals surface area contributed by atoms with E-state index < -0.39 is 0 Å². The first kappa shape index (κ1) is 17.0. The molecule has 2 unspecified atom stereocenters. The van der Waals surface area contributed by atoms with Crippen molar-refractivity contribution in [2.75, 3.05) is 27.2 Å². The highest BCUT2D eigenvalue weighted by Gasteiger charge is 2.19. The molecule has 24 heavy (non-hydrogen) atoms. The van der Waals surface area contributed by atoms with E-state index in [0.717, 1.165) is 24.4 Å². The van der Waals surface area contributed by atoms with Gasteiger partial charge in [-0.15, -0.1) is 0 Å². The average molecular weight is 328 g/mol. The summed E-state index contributed by atoms with van der Waals surface area (Å²) in [6.45, 7) is 5.31. The fourth-order valence-corrected chi connectivity index (χ4v) is 3.51. The number of piperidine rings is 1. The summed E-state index contributed by atoms with van der Waals surface area (Å²) in [4.78, 5) is 2.41. The topological polar surface area (TPSA) is 42.3 Å². The Morgan fingerprint density at radius 2 is 2.29 bits per heavy atom. The second-order valence-electron chi connectivity index (χ2n) is 6.76. The summed E-state index contributed by atoms with van der Waals surface area (Å²) < 4.78 is 7.45. The summed E-state index contributed by atoms with van der Waals surface area (Å²) in [5, 5.41) is 8.09. The Morgan fingerprint density at radius 1 is 1.42 bits per heavy atom. The molecule has 5 heteroatoms. The minimum Gasteiger partial charge on any atom is -0.496 e. The van der Waals surface area contributed by atoms with Crippen molar-refractivity contribution in [3.63, 3.8) is 0 Å². The van der Waals surface area contributed by atoms with Crippen molar-refractivity contribution >= 4 is 0 Å². The van der Waals surface area contributed by atoms with Crippen LogP contribution in [-0.2, 0) is 6.54 Å². The molecule has 1 aromatic heterocycles. The standard InChI is InChI=1S/C19H28N4O/c1-15(21-18-6-4-10-22(2)14-18)16-7-8-19(24-3)17(12-16)13-23-11-5-9-20-23/h5,7-9,11-12,15,18,21H,4,6,10,13-14H2,1-3H3. The number of likely N-dealkylation sites (N-methyl/N-ethyl adjacent to an activating group) is 1. The molecule has 0 radical (unpaired) electrons. The van der Waals surface area contributed by atoms with Gasteiger partial charge in [0.2, 0.25) is 0 Å². The number of methoxy groups -OCH3 is 1. The SMILES string of the molecule is COc1ccc(C(C)NC2CCCN(C)C2)cc1Cn1cccn1. The van der Waals surface area contributed by atoms with Crippen LogP contribution in [0.4, 0.5) is 0 Å². The molecule has 1 aromatic carbocycles. The number of hydrogen-bond donors (Lipinski definition) is 1. The van der Waals surface area contributed by atoms with E-state index in [1.807, 2.05) is 16.9 Å². The quantitative estimate of drug-likeness (QED) is 0.885. The van der Waals surface area contributed by atoms with Gasteiger partial charge in [0.1, 0.15) is 5.75 Å². The predicted octanol–water partition coefficient (Wildman–Crippen LogP) is 2.68. The highest BCUT2D eigenvalue weighted by molar-refractivity contribution is 5.38. The number of ether oxygens (including phenoxy) is 1. The minimum atomic E-state index is 0.323. The van der Waals surface area contributed by atoms with Crippen molar-refractivity contribution in [3.05, 3.63) is 47.8 Å². The van der Waals surface area contributed by atoms with Crippen molar-refractivity contribution in [2.45, 2.75) is 38.4 Å². The molecule has 3 rings (SSSR count). The number of aromatic nitrogens is 2. The zero-order chi connectivity index (χ0) is 16.9. The molecule has 1 saturated heterocycles. The molecule has 2 heterocycles. The average Bonchev–Trinajstić information content (AvgIpc) is 3.08. The van der Waals surface area contributed by atoms with Crippen LogP contribution in [0.3, 0.4) is 0 Å². The van der Waals surface area contributed by atoms with E-state index in [1.165, 1.54) is 24.9 Å². The number of benzene rings is 1. The normalized spacial score (nSPS) is 20.0. The molecule has 5 nitrogen and oxygen atoms in total. The molecule has 1 fully saturated rings. The van der Waals surface area contributed by atoms with Gasteiger partial charge in [-0.25, -0.2) is 0 Å². The Hall–Kier alpha value is -1.85. The van der Waals surface area contributed by atoms with Crippen LogP contribution in [0.25, 0.3) is 0 Å². The lowest BCUT2D eigenvalue weighted by molar-refractivity contribution is 0.218. The molecular formula is C19H28N4O. The summed E-state index contributed by atoms with van der Waals surface area (Å²) in [6.07, 6.45) is 6.31. The van der Waals surface area contributed by atoms with Gasteiger partial charge in [-0.05, 0) is 57.1 Å². The van der Waals surface area contributed by atoms with E-state index in [4.69, 9.17) is 4.74 Å². The number of likely N-dealkylation sites (tertiary alicyclic amines) is 1. The van der Waals surface area contributed by atoms with Crippen molar-refractivity contribution in [2.24, 2.45) is 0 Å². The van der Waals surface area contributed by atoms with Gasteiger partial charge in [0, 0.05) is 36.6 Å². The molecule has 1 aliphatic heterocycles. The van der Waals surface area contributed by atoms with Crippen LogP contribution in [0.15, 0.2) is 36.7 Å². The first-order valence-corrected chi connectivity index (χ1v) is 8.74. The summed E-state index contributed by atoms with van der Waals surface area (Å²) in [6, 6.07) is 9.30. The first-order valence-electron chi connectivity index (χ1n) is 8.74. The Balaban J connectivity index is 1.72. The second-order valence-corrected chi connectivity index (χ2v) is 6.76. The lowest BCUT2D eigenvalue weighted by atomic mass is 10.0. The lowest BCUT2D eigenvalue weighted by Gasteiger charge is -2.32. The number of nitrogens with one attached hydrogen (secondary N) is 1. The predicted molar refractivity (Wildman–Crippen MR) is 96.4 cm³/mol. The summed E-state index contributed by atoms with van der Waals surface area (Å²) in [5.41, 5.74) is 2.46. The van der Waals surface area contributed by atoms with Crippen LogP contribution < -0.4 is 10.1 Å². The molecule has 0 aliphatic carbocycles. The van der Waals surface area contributed by atoms with E-state index in [9.17, 15) is 0 Å². The zero-order valence-corrected chi connectivity index (χ0v) is 14.9. The highest BCUT2D eigenvalue weighted by atomic mass is 16.5. The third-order valence-corrected chi connectivity index (χ3v) is 4.81. The smallest absolute Gasteiger partial charge is 0.123 e. The fourth-order valence-electron chi connectivity index (χ4n) is 3.51. The van der Waals surface area contributed by atoms with Crippen LogP contribution in [0.1, 0.15) is 36.9 Å². The molecule has 130 valence electrons. The van der Waals surface area contributed by atoms with Crippen molar-refractivity contribution in [1.82, 2.24) is 20.0 Å². The van der Waals surface area contributed by atoms with E-state index in [-0.39, 0.29) is 0 Å². The van der Waals surface area contributed by atoms with Gasteiger partial charge >= 0.3 is 0 Å². The molecule has 0 bridgehead atoms. The van der Waals surface area contributed by atoms with Crippen molar-refractivity contribution < 1.29 is 4.74 Å². The lowest BCUT2D eigenvalue weighted by Crippen LogP contribution is -2.44. The van der Waals surface area contributed by atoms with Gasteiger partial charge < -0.3 is 15.0 Å². The van der Waals surface area contributed by atoms with Gasteiger partial charge in [0.15, 0.2) is 0 Å². The number of rotatable bonds is 6. The fraction of sp³-hybridized carbons (Fsp3) is 0.526. The van der Waals surface area contributed by atoms with Crippen LogP contribution in [0.2, 0.25) is 0 Å². The molecule has 1 aliphatic rings. The van der Waals surface area contributed by atoms with Crippen molar-refractivity contribution in [3.8, 4) is 5.75 Å². The third kappa shape index (κ3) is 4.16. The van der Waals surface area contributed by atoms with Gasteiger partial charge in [0.25, 0.3) is 0 Å². The maximum Gasteiger partial charge on any atom is 0.123 e. The summed E-state index contributed by atoms with van der Waals surface area (Å²) >= 11 is 0. The Bertz CT molecular complexity index is 641. The monoisotopic (exact) mass is 328 g/mol. The van der Waals surface area contributed by atoms with Gasteiger partial charge in [-0.2, -0.15) is 5.10 Å². The van der Waals surface area contributed by atoms with Crippen LogP contribution in [0, 0.1) is 0 Å². The third-order valence-electron chi connectivity index (χ3n) is 4.81. The van der Waals surface area contributed by atoms with Gasteiger partial charge in [0.05, 0.1) is 13.7 Å². The van der Waals surface area contributed by atoms with Crippen molar-refractivity contribution in [1.29, 1.82) is 0 Å². The highest BCUT2D eigenvalue weighted by Crippen LogP contribution is 2.25. The molecular weight excluding hydrogens is 300 g/mol. The van der Waals surface area contributed by atoms with Gasteiger partial charge in [-0.3, -0.25) is 4.68 Å². The van der Waals surface area contributed by atoms with E-state index in [0.29, 0.717) is 12.1 Å². The summed E-state index contributed by atoms with van der Waals surface area (Å²) in [7, 11) is 3.93. The summed E-state index contributed by atoms with van der Waals surface area (Å²) in [5.74, 6) is 0.916.